The van der Waals surface area contributed by atoms with Crippen LogP contribution in [0.3, 0.4) is 0 Å². The standard InChI is InChI=1S/C46H33NS/c1-3-46(4-2)39-16-10-9-15-34(39)37-25-33(19-21-40(37)46)41-27-36(32-18-17-28-11-5-6-12-29(28)23-32)35-20-22-42-44(45(35)47-41)38-24-30-13-7-8-14-31(30)26-43(38)48-42/h5-27H,3-4H2,1-2H3. The van der Waals surface area contributed by atoms with Gasteiger partial charge in [-0.05, 0) is 104 Å². The van der Waals surface area contributed by atoms with Crippen molar-refractivity contribution in [3.63, 3.8) is 0 Å². The molecular weight excluding hydrogens is 599 g/mol. The highest BCUT2D eigenvalue weighted by molar-refractivity contribution is 7.26. The van der Waals surface area contributed by atoms with Crippen molar-refractivity contribution in [1.82, 2.24) is 4.98 Å². The number of fused-ring (bicyclic) bond motifs is 10. The zero-order valence-electron chi connectivity index (χ0n) is 27.0. The lowest BCUT2D eigenvalue weighted by Gasteiger charge is -2.29. The molecule has 10 rings (SSSR count). The maximum Gasteiger partial charge on any atom is 0.0808 e. The van der Waals surface area contributed by atoms with Crippen LogP contribution in [0.5, 0.6) is 0 Å². The van der Waals surface area contributed by atoms with Crippen molar-refractivity contribution >= 4 is 64.0 Å². The highest BCUT2D eigenvalue weighted by Crippen LogP contribution is 2.53. The average molecular weight is 632 g/mol. The largest absolute Gasteiger partial charge is 0.247 e. The summed E-state index contributed by atoms with van der Waals surface area (Å²) in [6.45, 7) is 4.67. The fourth-order valence-corrected chi connectivity index (χ4v) is 9.75. The van der Waals surface area contributed by atoms with E-state index in [2.05, 4.69) is 153 Å². The number of hydrogen-bond donors (Lipinski definition) is 0. The van der Waals surface area contributed by atoms with Gasteiger partial charge in [-0.3, -0.25) is 0 Å². The van der Waals surface area contributed by atoms with E-state index in [1.165, 1.54) is 80.5 Å². The van der Waals surface area contributed by atoms with Crippen molar-refractivity contribution in [1.29, 1.82) is 0 Å². The van der Waals surface area contributed by atoms with Gasteiger partial charge in [-0.1, -0.05) is 117 Å². The first-order chi connectivity index (χ1) is 23.6. The van der Waals surface area contributed by atoms with Gasteiger partial charge < -0.3 is 0 Å². The Hall–Kier alpha value is -5.31. The molecule has 0 unspecified atom stereocenters. The van der Waals surface area contributed by atoms with Gasteiger partial charge >= 0.3 is 0 Å². The van der Waals surface area contributed by atoms with E-state index in [1.807, 2.05) is 11.3 Å². The summed E-state index contributed by atoms with van der Waals surface area (Å²) >= 11 is 1.87. The van der Waals surface area contributed by atoms with E-state index in [1.54, 1.807) is 0 Å². The van der Waals surface area contributed by atoms with Crippen molar-refractivity contribution in [2.24, 2.45) is 0 Å². The number of pyridine rings is 1. The van der Waals surface area contributed by atoms with Crippen LogP contribution in [0, 0.1) is 0 Å². The lowest BCUT2D eigenvalue weighted by atomic mass is 9.74. The van der Waals surface area contributed by atoms with E-state index in [0.29, 0.717) is 0 Å². The minimum Gasteiger partial charge on any atom is -0.247 e. The van der Waals surface area contributed by atoms with Crippen LogP contribution in [0.2, 0.25) is 0 Å². The Morgan fingerprint density at radius 2 is 1.19 bits per heavy atom. The molecule has 7 aromatic carbocycles. The molecule has 1 aliphatic carbocycles. The van der Waals surface area contributed by atoms with E-state index < -0.39 is 0 Å². The maximum atomic E-state index is 5.59. The van der Waals surface area contributed by atoms with Crippen molar-refractivity contribution in [2.75, 3.05) is 0 Å². The molecule has 0 saturated heterocycles. The molecule has 1 aliphatic rings. The van der Waals surface area contributed by atoms with Crippen molar-refractivity contribution in [3.05, 3.63) is 151 Å². The van der Waals surface area contributed by atoms with E-state index in [0.717, 1.165) is 29.6 Å². The molecule has 0 N–H and O–H groups in total. The maximum absolute atomic E-state index is 5.59. The van der Waals surface area contributed by atoms with Crippen molar-refractivity contribution in [2.45, 2.75) is 32.1 Å². The predicted octanol–water partition coefficient (Wildman–Crippen LogP) is 13.3. The summed E-state index contributed by atoms with van der Waals surface area (Å²) in [5.74, 6) is 0. The molecule has 0 bridgehead atoms. The van der Waals surface area contributed by atoms with Crippen molar-refractivity contribution in [3.8, 4) is 33.5 Å². The molecule has 0 atom stereocenters. The molecular formula is C46H33NS. The number of thiophene rings is 1. The van der Waals surface area contributed by atoms with Gasteiger partial charge in [0.25, 0.3) is 0 Å². The lowest BCUT2D eigenvalue weighted by molar-refractivity contribution is 0.490. The zero-order chi connectivity index (χ0) is 32.0. The second-order valence-corrected chi connectivity index (χ2v) is 14.4. The third kappa shape index (κ3) is 3.87. The van der Waals surface area contributed by atoms with Gasteiger partial charge in [0.05, 0.1) is 11.2 Å². The molecule has 2 heteroatoms. The molecule has 1 nitrogen and oxygen atoms in total. The number of hydrogen-bond acceptors (Lipinski definition) is 2. The average Bonchev–Trinajstić information content (AvgIpc) is 3.65. The Kier molecular flexibility index (Phi) is 5.98. The Morgan fingerprint density at radius 3 is 2.00 bits per heavy atom. The van der Waals surface area contributed by atoms with Gasteiger partial charge in [0, 0.05) is 36.5 Å². The first kappa shape index (κ1) is 27.8. The van der Waals surface area contributed by atoms with Gasteiger partial charge in [-0.15, -0.1) is 11.3 Å². The monoisotopic (exact) mass is 631 g/mol. The molecule has 0 radical (unpaired) electrons. The molecule has 0 spiro atoms. The number of benzene rings is 7. The summed E-state index contributed by atoms with van der Waals surface area (Å²) < 4.78 is 2.58. The predicted molar refractivity (Wildman–Crippen MR) is 207 cm³/mol. The van der Waals surface area contributed by atoms with Gasteiger partial charge in [0.2, 0.25) is 0 Å². The molecule has 9 aromatic rings. The second kappa shape index (κ2) is 10.3. The van der Waals surface area contributed by atoms with Crippen molar-refractivity contribution < 1.29 is 0 Å². The first-order valence-corrected chi connectivity index (χ1v) is 17.9. The molecule has 2 heterocycles. The van der Waals surface area contributed by atoms with E-state index in [9.17, 15) is 0 Å². The van der Waals surface area contributed by atoms with E-state index in [-0.39, 0.29) is 5.41 Å². The molecule has 228 valence electrons. The molecule has 0 amide bonds. The Labute approximate surface area is 284 Å². The van der Waals surface area contributed by atoms with Crippen LogP contribution in [0.15, 0.2) is 140 Å². The molecule has 48 heavy (non-hydrogen) atoms. The molecule has 2 aromatic heterocycles. The third-order valence-electron chi connectivity index (χ3n) is 11.1. The minimum absolute atomic E-state index is 0.0576. The Bertz CT molecular complexity index is 2760. The first-order valence-electron chi connectivity index (χ1n) is 17.1. The van der Waals surface area contributed by atoms with Crippen LogP contribution in [0.25, 0.3) is 86.1 Å². The van der Waals surface area contributed by atoms with E-state index in [4.69, 9.17) is 4.98 Å². The van der Waals surface area contributed by atoms with Crippen LogP contribution < -0.4 is 0 Å². The Balaban J connectivity index is 1.28. The quantitative estimate of drug-likeness (QED) is 0.188. The van der Waals surface area contributed by atoms with Gasteiger partial charge in [0.15, 0.2) is 0 Å². The summed E-state index contributed by atoms with van der Waals surface area (Å²) in [6, 6.07) is 52.0. The van der Waals surface area contributed by atoms with Crippen LogP contribution in [-0.4, -0.2) is 4.98 Å². The highest BCUT2D eigenvalue weighted by Gasteiger charge is 2.40. The van der Waals surface area contributed by atoms with Gasteiger partial charge in [-0.25, -0.2) is 4.98 Å². The fourth-order valence-electron chi connectivity index (χ4n) is 8.62. The number of aromatic nitrogens is 1. The van der Waals surface area contributed by atoms with Crippen LogP contribution in [0.4, 0.5) is 0 Å². The summed E-state index contributed by atoms with van der Waals surface area (Å²) in [7, 11) is 0. The summed E-state index contributed by atoms with van der Waals surface area (Å²) in [5.41, 5.74) is 11.4. The molecule has 0 fully saturated rings. The van der Waals surface area contributed by atoms with Crippen LogP contribution in [-0.2, 0) is 5.41 Å². The second-order valence-electron chi connectivity index (χ2n) is 13.3. The van der Waals surface area contributed by atoms with Gasteiger partial charge in [-0.2, -0.15) is 0 Å². The highest BCUT2D eigenvalue weighted by atomic mass is 32.1. The third-order valence-corrected chi connectivity index (χ3v) is 12.2. The zero-order valence-corrected chi connectivity index (χ0v) is 27.9. The van der Waals surface area contributed by atoms with Gasteiger partial charge in [0.1, 0.15) is 0 Å². The fraction of sp³-hybridized carbons (Fsp3) is 0.109. The molecule has 0 aliphatic heterocycles. The van der Waals surface area contributed by atoms with Crippen LogP contribution >= 0.6 is 11.3 Å². The number of rotatable bonds is 4. The minimum atomic E-state index is 0.0576. The summed E-state index contributed by atoms with van der Waals surface area (Å²) in [4.78, 5) is 5.59. The smallest absolute Gasteiger partial charge is 0.0808 e. The molecule has 0 saturated carbocycles. The summed E-state index contributed by atoms with van der Waals surface area (Å²) in [6.07, 6.45) is 2.18. The summed E-state index contributed by atoms with van der Waals surface area (Å²) in [5, 5.41) is 8.78. The lowest BCUT2D eigenvalue weighted by Crippen LogP contribution is -2.22. The van der Waals surface area contributed by atoms with Crippen LogP contribution in [0.1, 0.15) is 37.8 Å². The SMILES string of the molecule is CCC1(CC)c2ccccc2-c2cc(-c3cc(-c4ccc5ccccc5c4)c4ccc5sc6cc7ccccc7cc6c5c4n3)ccc21. The Morgan fingerprint density at radius 1 is 0.500 bits per heavy atom. The normalized spacial score (nSPS) is 13.5. The number of nitrogens with zero attached hydrogens (tertiary/aromatic N) is 1. The topological polar surface area (TPSA) is 12.9 Å². The van der Waals surface area contributed by atoms with E-state index >= 15 is 0 Å².